The fourth-order valence-corrected chi connectivity index (χ4v) is 4.05. The first kappa shape index (κ1) is 20.2. The van der Waals surface area contributed by atoms with Crippen LogP contribution in [0.25, 0.3) is 5.57 Å². The molecule has 0 bridgehead atoms. The van der Waals surface area contributed by atoms with E-state index in [4.69, 9.17) is 0 Å². The van der Waals surface area contributed by atoms with Crippen LogP contribution >= 0.6 is 0 Å². The third kappa shape index (κ3) is 3.88. The van der Waals surface area contributed by atoms with Crippen molar-refractivity contribution in [1.82, 2.24) is 10.3 Å². The van der Waals surface area contributed by atoms with E-state index in [2.05, 4.69) is 10.3 Å². The Kier molecular flexibility index (Phi) is 5.45. The highest BCUT2D eigenvalue weighted by Gasteiger charge is 2.35. The summed E-state index contributed by atoms with van der Waals surface area (Å²) >= 11 is 0. The molecule has 6 nitrogen and oxygen atoms in total. The maximum absolute atomic E-state index is 13.6. The molecule has 3 aromatic rings. The molecule has 6 heteroatoms. The molecule has 31 heavy (non-hydrogen) atoms. The van der Waals surface area contributed by atoms with Gasteiger partial charge in [0.05, 0.1) is 10.6 Å². The predicted molar refractivity (Wildman–Crippen MR) is 119 cm³/mol. The average Bonchev–Trinajstić information content (AvgIpc) is 2.79. The van der Waals surface area contributed by atoms with Crippen molar-refractivity contribution < 1.29 is 9.72 Å². The first-order valence-electron chi connectivity index (χ1n) is 9.91. The number of allylic oxidation sites excluding steroid dienone is 4. The topological polar surface area (TPSA) is 85.1 Å². The van der Waals surface area contributed by atoms with Gasteiger partial charge in [-0.05, 0) is 31.5 Å². The highest BCUT2D eigenvalue weighted by molar-refractivity contribution is 6.12. The van der Waals surface area contributed by atoms with Gasteiger partial charge in [-0.1, -0.05) is 48.5 Å². The number of hydrogen-bond acceptors (Lipinski definition) is 5. The molecule has 154 valence electrons. The van der Waals surface area contributed by atoms with E-state index in [1.54, 1.807) is 24.4 Å². The number of rotatable bonds is 5. The van der Waals surface area contributed by atoms with Gasteiger partial charge in [0, 0.05) is 52.4 Å². The summed E-state index contributed by atoms with van der Waals surface area (Å²) in [5, 5.41) is 14.8. The number of aromatic nitrogens is 1. The van der Waals surface area contributed by atoms with E-state index in [1.807, 2.05) is 56.3 Å². The van der Waals surface area contributed by atoms with Gasteiger partial charge in [-0.25, -0.2) is 0 Å². The normalized spacial score (nSPS) is 16.1. The quantitative estimate of drug-likeness (QED) is 0.351. The van der Waals surface area contributed by atoms with Gasteiger partial charge >= 0.3 is 0 Å². The Morgan fingerprint density at radius 1 is 0.968 bits per heavy atom. The molecule has 0 aliphatic carbocycles. The molecule has 2 aromatic carbocycles. The van der Waals surface area contributed by atoms with Gasteiger partial charge in [0.25, 0.3) is 5.69 Å². The number of carbonyl (C=O) groups excluding carboxylic acids is 1. The Bertz CT molecular complexity index is 1220. The highest BCUT2D eigenvalue weighted by atomic mass is 16.6. The molecular formula is C25H21N3O3. The van der Waals surface area contributed by atoms with Crippen molar-refractivity contribution in [3.63, 3.8) is 0 Å². The van der Waals surface area contributed by atoms with Crippen molar-refractivity contribution in [2.75, 3.05) is 0 Å². The van der Waals surface area contributed by atoms with Crippen LogP contribution in [-0.4, -0.2) is 15.7 Å². The molecule has 1 aromatic heterocycles. The first-order valence-corrected chi connectivity index (χ1v) is 9.91. The minimum absolute atomic E-state index is 0.0155. The Hall–Kier alpha value is -4.06. The number of nitrogens with zero attached hydrogens (tertiary/aromatic N) is 2. The number of dihydropyridines is 1. The standard InChI is InChI=1S/C25H21N3O3/c1-16-22(21-13-6-7-14-26-21)24(19-11-8-12-20(15-19)28(30)31)23(17(2)27-16)25(29)18-9-4-3-5-10-18/h3-15,24,27H,1-2H3. The van der Waals surface area contributed by atoms with Crippen molar-refractivity contribution in [1.29, 1.82) is 0 Å². The molecule has 1 aliphatic rings. The van der Waals surface area contributed by atoms with Crippen LogP contribution in [0.5, 0.6) is 0 Å². The maximum Gasteiger partial charge on any atom is 0.269 e. The number of non-ortho nitro benzene ring substituents is 1. The third-order valence-electron chi connectivity index (χ3n) is 5.40. The van der Waals surface area contributed by atoms with Crippen molar-refractivity contribution in [3.05, 3.63) is 123 Å². The predicted octanol–water partition coefficient (Wildman–Crippen LogP) is 5.26. The Morgan fingerprint density at radius 3 is 2.39 bits per heavy atom. The van der Waals surface area contributed by atoms with Gasteiger partial charge in [-0.2, -0.15) is 0 Å². The molecule has 1 atom stereocenters. The van der Waals surface area contributed by atoms with Gasteiger partial charge in [-0.3, -0.25) is 19.9 Å². The molecule has 1 aliphatic heterocycles. The molecule has 1 unspecified atom stereocenters. The van der Waals surface area contributed by atoms with Crippen molar-refractivity contribution >= 4 is 17.0 Å². The third-order valence-corrected chi connectivity index (χ3v) is 5.40. The summed E-state index contributed by atoms with van der Waals surface area (Å²) < 4.78 is 0. The van der Waals surface area contributed by atoms with E-state index in [0.29, 0.717) is 16.7 Å². The van der Waals surface area contributed by atoms with Crippen LogP contribution in [0.4, 0.5) is 5.69 Å². The lowest BCUT2D eigenvalue weighted by Crippen LogP contribution is -2.28. The van der Waals surface area contributed by atoms with E-state index in [1.165, 1.54) is 12.1 Å². The molecule has 0 fully saturated rings. The lowest BCUT2D eigenvalue weighted by molar-refractivity contribution is -0.384. The number of pyridine rings is 1. The zero-order valence-electron chi connectivity index (χ0n) is 17.2. The molecule has 2 heterocycles. The first-order chi connectivity index (χ1) is 15.0. The monoisotopic (exact) mass is 411 g/mol. The number of Topliss-reactive ketones (excluding diaryl/α,β-unsaturated/α-hetero) is 1. The lowest BCUT2D eigenvalue weighted by Gasteiger charge is -2.32. The molecule has 0 spiro atoms. The lowest BCUT2D eigenvalue weighted by atomic mass is 9.76. The van der Waals surface area contributed by atoms with Crippen LogP contribution in [0.3, 0.4) is 0 Å². The number of nitrogens with one attached hydrogen (secondary N) is 1. The zero-order chi connectivity index (χ0) is 22.0. The van der Waals surface area contributed by atoms with Crippen LogP contribution in [0, 0.1) is 10.1 Å². The fraction of sp³-hybridized carbons (Fsp3) is 0.120. The van der Waals surface area contributed by atoms with Gasteiger partial charge in [-0.15, -0.1) is 0 Å². The van der Waals surface area contributed by atoms with Crippen LogP contribution in [-0.2, 0) is 0 Å². The van der Waals surface area contributed by atoms with Crippen LogP contribution in [0.15, 0.2) is 96.0 Å². The molecule has 0 amide bonds. The average molecular weight is 411 g/mol. The number of nitro benzene ring substituents is 1. The van der Waals surface area contributed by atoms with Crippen molar-refractivity contribution in [2.24, 2.45) is 0 Å². The summed E-state index contributed by atoms with van der Waals surface area (Å²) in [5.41, 5.74) is 4.90. The minimum Gasteiger partial charge on any atom is -0.362 e. The number of benzene rings is 2. The summed E-state index contributed by atoms with van der Waals surface area (Å²) in [5.74, 6) is -0.619. The number of hydrogen-bond donors (Lipinski definition) is 1. The largest absolute Gasteiger partial charge is 0.362 e. The maximum atomic E-state index is 13.6. The molecule has 4 rings (SSSR count). The summed E-state index contributed by atoms with van der Waals surface area (Å²) in [4.78, 5) is 29.2. The van der Waals surface area contributed by atoms with Gasteiger partial charge in [0.2, 0.25) is 0 Å². The van der Waals surface area contributed by atoms with Gasteiger partial charge in [0.1, 0.15) is 0 Å². The Morgan fingerprint density at radius 2 is 1.71 bits per heavy atom. The summed E-state index contributed by atoms with van der Waals surface area (Å²) in [7, 11) is 0. The van der Waals surface area contributed by atoms with E-state index in [9.17, 15) is 14.9 Å². The highest BCUT2D eigenvalue weighted by Crippen LogP contribution is 2.44. The molecule has 0 saturated carbocycles. The number of ketones is 1. The Balaban J connectivity index is 1.95. The smallest absolute Gasteiger partial charge is 0.269 e. The molecule has 0 radical (unpaired) electrons. The SMILES string of the molecule is CC1=C(C(=O)c2ccccc2)C(c2cccc([N+](=O)[O-])c2)C(c2ccccn2)=C(C)N1. The summed E-state index contributed by atoms with van der Waals surface area (Å²) in [6.45, 7) is 3.79. The van der Waals surface area contributed by atoms with E-state index < -0.39 is 10.8 Å². The van der Waals surface area contributed by atoms with Gasteiger partial charge in [0.15, 0.2) is 5.78 Å². The van der Waals surface area contributed by atoms with E-state index >= 15 is 0 Å². The van der Waals surface area contributed by atoms with E-state index in [0.717, 1.165) is 22.7 Å². The van der Waals surface area contributed by atoms with Crippen LogP contribution < -0.4 is 5.32 Å². The number of carbonyl (C=O) groups is 1. The van der Waals surface area contributed by atoms with E-state index in [-0.39, 0.29) is 11.5 Å². The van der Waals surface area contributed by atoms with Crippen LogP contribution in [0.1, 0.15) is 41.4 Å². The zero-order valence-corrected chi connectivity index (χ0v) is 17.2. The summed E-state index contributed by atoms with van der Waals surface area (Å²) in [6, 6.07) is 21.1. The molecule has 1 N–H and O–H groups in total. The second-order valence-electron chi connectivity index (χ2n) is 7.40. The van der Waals surface area contributed by atoms with Crippen molar-refractivity contribution in [2.45, 2.75) is 19.8 Å². The second-order valence-corrected chi connectivity index (χ2v) is 7.40. The molecular weight excluding hydrogens is 390 g/mol. The van der Waals surface area contributed by atoms with Gasteiger partial charge < -0.3 is 5.32 Å². The number of nitro groups is 1. The summed E-state index contributed by atoms with van der Waals surface area (Å²) in [6.07, 6.45) is 1.70. The van der Waals surface area contributed by atoms with Crippen molar-refractivity contribution in [3.8, 4) is 0 Å². The Labute approximate surface area is 180 Å². The second kappa shape index (κ2) is 8.36. The minimum atomic E-state index is -0.497. The van der Waals surface area contributed by atoms with Crippen LogP contribution in [0.2, 0.25) is 0 Å². The fourth-order valence-electron chi connectivity index (χ4n) is 4.05. The molecule has 0 saturated heterocycles.